The van der Waals surface area contributed by atoms with Crippen molar-refractivity contribution in [1.82, 2.24) is 5.32 Å². The Balaban J connectivity index is 1.63. The van der Waals surface area contributed by atoms with E-state index in [2.05, 4.69) is 17.4 Å². The molecule has 1 aliphatic rings. The van der Waals surface area contributed by atoms with Crippen LogP contribution in [0, 0.1) is 6.92 Å². The maximum atomic E-state index is 12.8. The number of aryl methyl sites for hydroxylation is 2. The lowest BCUT2D eigenvalue weighted by molar-refractivity contribution is -0.121. The minimum absolute atomic E-state index is 0.0281. The third kappa shape index (κ3) is 3.54. The zero-order valence-corrected chi connectivity index (χ0v) is 17.4. The minimum Gasteiger partial charge on any atom is -0.493 e. The van der Waals surface area contributed by atoms with Crippen molar-refractivity contribution in [3.05, 3.63) is 69.1 Å². The van der Waals surface area contributed by atoms with Crippen LogP contribution in [0.5, 0.6) is 11.5 Å². The molecule has 1 aromatic heterocycles. The van der Waals surface area contributed by atoms with Crippen molar-refractivity contribution < 1.29 is 18.7 Å². The van der Waals surface area contributed by atoms with Crippen molar-refractivity contribution in [1.29, 1.82) is 0 Å². The highest BCUT2D eigenvalue weighted by Crippen LogP contribution is 2.36. The summed E-state index contributed by atoms with van der Waals surface area (Å²) in [4.78, 5) is 25.5. The summed E-state index contributed by atoms with van der Waals surface area (Å²) >= 11 is 0. The van der Waals surface area contributed by atoms with Crippen LogP contribution in [-0.2, 0) is 17.6 Å². The molecule has 4 rings (SSSR count). The summed E-state index contributed by atoms with van der Waals surface area (Å²) in [6, 6.07) is 11.7. The molecular formula is C24H25NO5. The molecule has 1 atom stereocenters. The fourth-order valence-corrected chi connectivity index (χ4v) is 4.28. The van der Waals surface area contributed by atoms with Crippen molar-refractivity contribution in [3.63, 3.8) is 0 Å². The molecule has 0 saturated heterocycles. The predicted octanol–water partition coefficient (Wildman–Crippen LogP) is 3.85. The molecule has 1 unspecified atom stereocenters. The zero-order valence-electron chi connectivity index (χ0n) is 17.4. The predicted molar refractivity (Wildman–Crippen MR) is 114 cm³/mol. The van der Waals surface area contributed by atoms with E-state index in [0.29, 0.717) is 28.2 Å². The van der Waals surface area contributed by atoms with E-state index in [1.54, 1.807) is 6.07 Å². The Morgan fingerprint density at radius 2 is 1.97 bits per heavy atom. The number of amides is 1. The number of benzene rings is 2. The van der Waals surface area contributed by atoms with Gasteiger partial charge in [-0.25, -0.2) is 4.79 Å². The number of hydrogen-bond donors (Lipinski definition) is 1. The van der Waals surface area contributed by atoms with E-state index in [4.69, 9.17) is 13.9 Å². The molecule has 30 heavy (non-hydrogen) atoms. The largest absolute Gasteiger partial charge is 0.493 e. The molecule has 1 aliphatic carbocycles. The van der Waals surface area contributed by atoms with Crippen molar-refractivity contribution in [2.75, 3.05) is 14.2 Å². The first-order valence-electron chi connectivity index (χ1n) is 10.1. The van der Waals surface area contributed by atoms with Gasteiger partial charge in [0, 0.05) is 5.39 Å². The highest BCUT2D eigenvalue weighted by Gasteiger charge is 2.23. The van der Waals surface area contributed by atoms with Crippen LogP contribution in [0.15, 0.2) is 45.6 Å². The van der Waals surface area contributed by atoms with Crippen LogP contribution in [0.2, 0.25) is 0 Å². The van der Waals surface area contributed by atoms with Gasteiger partial charge in [0.05, 0.1) is 32.2 Å². The zero-order chi connectivity index (χ0) is 21.3. The van der Waals surface area contributed by atoms with Crippen molar-refractivity contribution in [3.8, 4) is 11.5 Å². The first-order valence-corrected chi connectivity index (χ1v) is 10.1. The molecule has 6 nitrogen and oxygen atoms in total. The Labute approximate surface area is 174 Å². The fourth-order valence-electron chi connectivity index (χ4n) is 4.28. The number of ether oxygens (including phenoxy) is 2. The van der Waals surface area contributed by atoms with E-state index in [0.717, 1.165) is 30.2 Å². The Bertz CT molecular complexity index is 1160. The van der Waals surface area contributed by atoms with Gasteiger partial charge in [-0.3, -0.25) is 4.79 Å². The molecular weight excluding hydrogens is 382 g/mol. The Hall–Kier alpha value is -3.28. The first-order chi connectivity index (χ1) is 14.5. The van der Waals surface area contributed by atoms with Crippen LogP contribution in [-0.4, -0.2) is 20.1 Å². The lowest BCUT2D eigenvalue weighted by atomic mass is 9.87. The van der Waals surface area contributed by atoms with Gasteiger partial charge in [0.25, 0.3) is 0 Å². The van der Waals surface area contributed by atoms with Crippen LogP contribution in [0.3, 0.4) is 0 Å². The molecule has 156 valence electrons. The summed E-state index contributed by atoms with van der Waals surface area (Å²) in [6.07, 6.45) is 2.92. The van der Waals surface area contributed by atoms with Crippen LogP contribution in [0.1, 0.15) is 41.1 Å². The van der Waals surface area contributed by atoms with E-state index in [1.807, 2.05) is 25.1 Å². The Morgan fingerprint density at radius 1 is 1.17 bits per heavy atom. The smallest absolute Gasteiger partial charge is 0.340 e. The van der Waals surface area contributed by atoms with Gasteiger partial charge in [0.2, 0.25) is 11.7 Å². The SMILES string of the molecule is COc1ccc2c(C)c(CC(=O)NC3CCCc4ccccc43)c(=O)oc2c1OC. The number of carbonyl (C=O) groups excluding carboxylic acids is 1. The van der Waals surface area contributed by atoms with Crippen LogP contribution >= 0.6 is 0 Å². The van der Waals surface area contributed by atoms with E-state index in [-0.39, 0.29) is 18.4 Å². The molecule has 0 radical (unpaired) electrons. The van der Waals surface area contributed by atoms with Crippen LogP contribution in [0.4, 0.5) is 0 Å². The average molecular weight is 407 g/mol. The lowest BCUT2D eigenvalue weighted by Gasteiger charge is -2.26. The fraction of sp³-hybridized carbons (Fsp3) is 0.333. The second kappa shape index (κ2) is 8.22. The number of methoxy groups -OCH3 is 2. The highest BCUT2D eigenvalue weighted by molar-refractivity contribution is 5.90. The monoisotopic (exact) mass is 407 g/mol. The second-order valence-corrected chi connectivity index (χ2v) is 7.56. The topological polar surface area (TPSA) is 77.8 Å². The highest BCUT2D eigenvalue weighted by atomic mass is 16.5. The normalized spacial score (nSPS) is 15.5. The molecule has 0 spiro atoms. The minimum atomic E-state index is -0.536. The quantitative estimate of drug-likeness (QED) is 0.650. The maximum absolute atomic E-state index is 12.8. The summed E-state index contributed by atoms with van der Waals surface area (Å²) in [5.41, 5.74) is 3.29. The average Bonchev–Trinajstić information content (AvgIpc) is 2.76. The summed E-state index contributed by atoms with van der Waals surface area (Å²) in [6.45, 7) is 1.82. The lowest BCUT2D eigenvalue weighted by Crippen LogP contribution is -2.33. The standard InChI is InChI=1S/C24H25NO5/c1-14-16-11-12-20(28-2)23(29-3)22(16)30-24(27)18(14)13-21(26)25-19-10-6-8-15-7-4-5-9-17(15)19/h4-5,7,9,11-12,19H,6,8,10,13H2,1-3H3,(H,25,26). The molecule has 0 bridgehead atoms. The third-order valence-electron chi connectivity index (χ3n) is 5.84. The summed E-state index contributed by atoms with van der Waals surface area (Å²) in [7, 11) is 3.02. The van der Waals surface area contributed by atoms with Gasteiger partial charge >= 0.3 is 5.63 Å². The second-order valence-electron chi connectivity index (χ2n) is 7.56. The van der Waals surface area contributed by atoms with Gasteiger partial charge in [0.1, 0.15) is 0 Å². The van der Waals surface area contributed by atoms with Gasteiger partial charge in [0.15, 0.2) is 11.3 Å². The van der Waals surface area contributed by atoms with Crippen molar-refractivity contribution in [2.45, 2.75) is 38.6 Å². The van der Waals surface area contributed by atoms with Crippen LogP contribution in [0.25, 0.3) is 11.0 Å². The number of carbonyl (C=O) groups is 1. The summed E-state index contributed by atoms with van der Waals surface area (Å²) in [5.74, 6) is 0.658. The first kappa shape index (κ1) is 20.0. The summed E-state index contributed by atoms with van der Waals surface area (Å²) in [5, 5.41) is 3.82. The number of hydrogen-bond acceptors (Lipinski definition) is 5. The molecule has 1 heterocycles. The van der Waals surface area contributed by atoms with Crippen molar-refractivity contribution >= 4 is 16.9 Å². The summed E-state index contributed by atoms with van der Waals surface area (Å²) < 4.78 is 16.2. The molecule has 0 aliphatic heterocycles. The molecule has 0 fully saturated rings. The van der Waals surface area contributed by atoms with E-state index < -0.39 is 5.63 Å². The molecule has 1 amide bonds. The number of nitrogens with one attached hydrogen (secondary N) is 1. The van der Waals surface area contributed by atoms with E-state index >= 15 is 0 Å². The van der Waals surface area contributed by atoms with Gasteiger partial charge in [-0.1, -0.05) is 24.3 Å². The molecule has 0 saturated carbocycles. The Kier molecular flexibility index (Phi) is 5.48. The van der Waals surface area contributed by atoms with E-state index in [9.17, 15) is 9.59 Å². The Morgan fingerprint density at radius 3 is 2.73 bits per heavy atom. The van der Waals surface area contributed by atoms with Gasteiger partial charge in [-0.05, 0) is 55.0 Å². The molecule has 1 N–H and O–H groups in total. The molecule has 6 heteroatoms. The van der Waals surface area contributed by atoms with E-state index in [1.165, 1.54) is 19.8 Å². The molecule has 3 aromatic rings. The van der Waals surface area contributed by atoms with Gasteiger partial charge in [-0.15, -0.1) is 0 Å². The molecule has 2 aromatic carbocycles. The van der Waals surface area contributed by atoms with Crippen LogP contribution < -0.4 is 20.4 Å². The third-order valence-corrected chi connectivity index (χ3v) is 5.84. The number of rotatable bonds is 5. The van der Waals surface area contributed by atoms with Gasteiger partial charge in [-0.2, -0.15) is 0 Å². The van der Waals surface area contributed by atoms with Gasteiger partial charge < -0.3 is 19.2 Å². The number of fused-ring (bicyclic) bond motifs is 2. The maximum Gasteiger partial charge on any atom is 0.340 e. The van der Waals surface area contributed by atoms with Crippen molar-refractivity contribution in [2.24, 2.45) is 0 Å².